The third-order valence-electron chi connectivity index (χ3n) is 2.94. The Hall–Kier alpha value is -1.24. The fraction of sp³-hybridized carbons (Fsp3) is 0.154. The van der Waals surface area contributed by atoms with Crippen molar-refractivity contribution in [2.24, 2.45) is 5.73 Å². The molecule has 98 valence electrons. The van der Waals surface area contributed by atoms with Crippen LogP contribution >= 0.6 is 27.3 Å². The van der Waals surface area contributed by atoms with Gasteiger partial charge in [-0.15, -0.1) is 11.3 Å². The van der Waals surface area contributed by atoms with Gasteiger partial charge in [-0.2, -0.15) is 0 Å². The molecule has 0 aliphatic carbocycles. The van der Waals surface area contributed by atoms with Crippen LogP contribution in [0.2, 0.25) is 0 Å². The molecule has 0 aliphatic rings. The quantitative estimate of drug-likeness (QED) is 0.793. The van der Waals surface area contributed by atoms with Crippen LogP contribution in [0.25, 0.3) is 4.96 Å². The molecule has 19 heavy (non-hydrogen) atoms. The molecular formula is C13H11BrFN3S. The minimum absolute atomic E-state index is 0.289. The first-order valence-corrected chi connectivity index (χ1v) is 7.43. The van der Waals surface area contributed by atoms with E-state index in [4.69, 9.17) is 5.73 Å². The third-order valence-corrected chi connectivity index (χ3v) is 4.40. The Balaban J connectivity index is 1.88. The average Bonchev–Trinajstić information content (AvgIpc) is 2.89. The highest BCUT2D eigenvalue weighted by Crippen LogP contribution is 2.27. The summed E-state index contributed by atoms with van der Waals surface area (Å²) in [5.41, 5.74) is 7.47. The number of rotatable bonds is 3. The Kier molecular flexibility index (Phi) is 3.38. The van der Waals surface area contributed by atoms with Gasteiger partial charge < -0.3 is 5.73 Å². The number of hydrogen-bond donors (Lipinski definition) is 1. The summed E-state index contributed by atoms with van der Waals surface area (Å²) in [4.78, 5) is 5.39. The maximum Gasteiger partial charge on any atom is 0.193 e. The molecular weight excluding hydrogens is 329 g/mol. The molecule has 1 aromatic carbocycles. The van der Waals surface area contributed by atoms with Crippen molar-refractivity contribution >= 4 is 32.2 Å². The fourth-order valence-electron chi connectivity index (χ4n) is 2.07. The van der Waals surface area contributed by atoms with E-state index in [-0.39, 0.29) is 5.82 Å². The van der Waals surface area contributed by atoms with E-state index in [1.807, 2.05) is 22.2 Å². The lowest BCUT2D eigenvalue weighted by atomic mass is 10.0. The van der Waals surface area contributed by atoms with Gasteiger partial charge in [0.15, 0.2) is 4.96 Å². The van der Waals surface area contributed by atoms with Crippen molar-refractivity contribution in [2.75, 3.05) is 0 Å². The summed E-state index contributed by atoms with van der Waals surface area (Å²) in [6.07, 6.45) is 4.38. The van der Waals surface area contributed by atoms with E-state index in [1.165, 1.54) is 6.07 Å². The van der Waals surface area contributed by atoms with E-state index in [0.717, 1.165) is 10.7 Å². The van der Waals surface area contributed by atoms with Crippen LogP contribution in [0.1, 0.15) is 17.3 Å². The van der Waals surface area contributed by atoms with Crippen molar-refractivity contribution in [3.05, 3.63) is 57.5 Å². The molecule has 1 atom stereocenters. The minimum Gasteiger partial charge on any atom is -0.323 e. The molecule has 0 aliphatic heterocycles. The van der Waals surface area contributed by atoms with E-state index in [2.05, 4.69) is 20.9 Å². The van der Waals surface area contributed by atoms with Gasteiger partial charge in [-0.25, -0.2) is 9.37 Å². The standard InChI is InChI=1S/C13H11BrFN3S/c14-9-2-1-3-10(15)12(9)11(16)6-8-7-18-4-5-19-13(18)17-8/h1-5,7,11H,6,16H2. The Morgan fingerprint density at radius 2 is 2.32 bits per heavy atom. The summed E-state index contributed by atoms with van der Waals surface area (Å²) in [5, 5.41) is 1.97. The van der Waals surface area contributed by atoms with E-state index in [9.17, 15) is 4.39 Å². The molecule has 0 saturated heterocycles. The van der Waals surface area contributed by atoms with Gasteiger partial charge in [0.1, 0.15) is 5.82 Å². The molecule has 0 saturated carbocycles. The predicted molar refractivity (Wildman–Crippen MR) is 77.8 cm³/mol. The number of imidazole rings is 1. The van der Waals surface area contributed by atoms with E-state index >= 15 is 0 Å². The molecule has 6 heteroatoms. The predicted octanol–water partition coefficient (Wildman–Crippen LogP) is 3.54. The van der Waals surface area contributed by atoms with Crippen molar-refractivity contribution in [3.8, 4) is 0 Å². The number of nitrogens with two attached hydrogens (primary N) is 1. The number of hydrogen-bond acceptors (Lipinski definition) is 3. The van der Waals surface area contributed by atoms with Crippen molar-refractivity contribution in [1.82, 2.24) is 9.38 Å². The van der Waals surface area contributed by atoms with Gasteiger partial charge in [-0.1, -0.05) is 22.0 Å². The molecule has 0 radical (unpaired) electrons. The minimum atomic E-state index is -0.416. The number of aromatic nitrogens is 2. The zero-order valence-corrected chi connectivity index (χ0v) is 12.3. The Bertz CT molecular complexity index is 673. The highest BCUT2D eigenvalue weighted by atomic mass is 79.9. The van der Waals surface area contributed by atoms with E-state index in [1.54, 1.807) is 23.5 Å². The number of benzene rings is 1. The van der Waals surface area contributed by atoms with Gasteiger partial charge in [-0.05, 0) is 12.1 Å². The van der Waals surface area contributed by atoms with Crippen LogP contribution < -0.4 is 5.73 Å². The van der Waals surface area contributed by atoms with Gasteiger partial charge in [0.05, 0.1) is 5.69 Å². The molecule has 0 fully saturated rings. The molecule has 0 amide bonds. The maximum atomic E-state index is 13.8. The zero-order valence-electron chi connectivity index (χ0n) is 9.88. The highest BCUT2D eigenvalue weighted by molar-refractivity contribution is 9.10. The summed E-state index contributed by atoms with van der Waals surface area (Å²) in [6.45, 7) is 0. The maximum absolute atomic E-state index is 13.8. The van der Waals surface area contributed by atoms with Crippen molar-refractivity contribution in [1.29, 1.82) is 0 Å². The largest absolute Gasteiger partial charge is 0.323 e. The topological polar surface area (TPSA) is 43.3 Å². The van der Waals surface area contributed by atoms with Gasteiger partial charge in [0, 0.05) is 40.3 Å². The van der Waals surface area contributed by atoms with Crippen LogP contribution in [-0.2, 0) is 6.42 Å². The summed E-state index contributed by atoms with van der Waals surface area (Å²) in [5.74, 6) is -0.289. The Morgan fingerprint density at radius 3 is 3.05 bits per heavy atom. The molecule has 2 aromatic heterocycles. The highest BCUT2D eigenvalue weighted by Gasteiger charge is 2.17. The van der Waals surface area contributed by atoms with Crippen LogP contribution in [0.4, 0.5) is 4.39 Å². The van der Waals surface area contributed by atoms with Crippen molar-refractivity contribution < 1.29 is 4.39 Å². The molecule has 3 rings (SSSR count). The summed E-state index contributed by atoms with van der Waals surface area (Å²) in [7, 11) is 0. The van der Waals surface area contributed by atoms with Gasteiger partial charge in [0.25, 0.3) is 0 Å². The third kappa shape index (κ3) is 2.43. The van der Waals surface area contributed by atoms with Crippen molar-refractivity contribution in [3.63, 3.8) is 0 Å². The van der Waals surface area contributed by atoms with E-state index < -0.39 is 6.04 Å². The fourth-order valence-corrected chi connectivity index (χ4v) is 3.42. The summed E-state index contributed by atoms with van der Waals surface area (Å²) >= 11 is 4.91. The van der Waals surface area contributed by atoms with Crippen molar-refractivity contribution in [2.45, 2.75) is 12.5 Å². The Morgan fingerprint density at radius 1 is 1.47 bits per heavy atom. The van der Waals surface area contributed by atoms with Crippen LogP contribution in [0.5, 0.6) is 0 Å². The number of thiazole rings is 1. The normalized spacial score (nSPS) is 13.0. The SMILES string of the molecule is NC(Cc1cn2ccsc2n1)c1c(F)cccc1Br. The molecule has 2 N–H and O–H groups in total. The van der Waals surface area contributed by atoms with Crippen LogP contribution in [0, 0.1) is 5.82 Å². The molecule has 0 bridgehead atoms. The molecule has 3 nitrogen and oxygen atoms in total. The summed E-state index contributed by atoms with van der Waals surface area (Å²) in [6, 6.07) is 4.46. The Labute approximate surface area is 122 Å². The molecule has 2 heterocycles. The first-order valence-electron chi connectivity index (χ1n) is 5.75. The van der Waals surface area contributed by atoms with Gasteiger partial charge >= 0.3 is 0 Å². The monoisotopic (exact) mass is 339 g/mol. The second kappa shape index (κ2) is 5.03. The van der Waals surface area contributed by atoms with Gasteiger partial charge in [-0.3, -0.25) is 4.40 Å². The number of halogens is 2. The van der Waals surface area contributed by atoms with Crippen LogP contribution in [0.15, 0.2) is 40.4 Å². The lowest BCUT2D eigenvalue weighted by Crippen LogP contribution is -2.16. The molecule has 3 aromatic rings. The van der Waals surface area contributed by atoms with Gasteiger partial charge in [0.2, 0.25) is 0 Å². The first-order chi connectivity index (χ1) is 9.15. The molecule has 1 unspecified atom stereocenters. The first kappa shape index (κ1) is 12.8. The molecule has 0 spiro atoms. The second-order valence-corrected chi connectivity index (χ2v) is 6.00. The average molecular weight is 340 g/mol. The number of nitrogens with zero attached hydrogens (tertiary/aromatic N) is 2. The number of fused-ring (bicyclic) bond motifs is 1. The lowest BCUT2D eigenvalue weighted by Gasteiger charge is -2.13. The second-order valence-electron chi connectivity index (χ2n) is 4.27. The summed E-state index contributed by atoms with van der Waals surface area (Å²) < 4.78 is 16.5. The van der Waals surface area contributed by atoms with E-state index in [0.29, 0.717) is 16.5 Å². The lowest BCUT2D eigenvalue weighted by molar-refractivity contribution is 0.576. The van der Waals surface area contributed by atoms with Crippen LogP contribution in [-0.4, -0.2) is 9.38 Å². The van der Waals surface area contributed by atoms with Crippen LogP contribution in [0.3, 0.4) is 0 Å². The zero-order chi connectivity index (χ0) is 13.4. The smallest absolute Gasteiger partial charge is 0.193 e.